The van der Waals surface area contributed by atoms with Crippen LogP contribution in [0.3, 0.4) is 0 Å². The van der Waals surface area contributed by atoms with Crippen molar-refractivity contribution in [3.8, 4) is 0 Å². The molecule has 1 saturated heterocycles. The van der Waals surface area contributed by atoms with E-state index in [1.807, 2.05) is 0 Å². The van der Waals surface area contributed by atoms with Crippen LogP contribution in [0, 0.1) is 0 Å². The summed E-state index contributed by atoms with van der Waals surface area (Å²) < 4.78 is 0. The first kappa shape index (κ1) is 18.3. The first-order chi connectivity index (χ1) is 11.2. The van der Waals surface area contributed by atoms with Crippen LogP contribution in [0.2, 0.25) is 5.02 Å². The van der Waals surface area contributed by atoms with E-state index in [0.29, 0.717) is 25.1 Å². The minimum absolute atomic E-state index is 0.0328. The Labute approximate surface area is 145 Å². The molecule has 1 aliphatic rings. The van der Waals surface area contributed by atoms with Gasteiger partial charge in [0.05, 0.1) is 10.6 Å². The second kappa shape index (κ2) is 7.21. The van der Waals surface area contributed by atoms with Gasteiger partial charge in [-0.15, -0.1) is 0 Å². The van der Waals surface area contributed by atoms with Crippen LogP contribution in [0.25, 0.3) is 0 Å². The average Bonchev–Trinajstić information content (AvgIpc) is 2.91. The monoisotopic (exact) mass is 352 g/mol. The van der Waals surface area contributed by atoms with Crippen LogP contribution in [0.4, 0.5) is 5.69 Å². The van der Waals surface area contributed by atoms with Gasteiger partial charge >= 0.3 is 5.97 Å². The zero-order chi connectivity index (χ0) is 17.9. The van der Waals surface area contributed by atoms with E-state index in [1.165, 1.54) is 0 Å². The lowest BCUT2D eigenvalue weighted by atomic mass is 9.97. The highest BCUT2D eigenvalue weighted by Crippen LogP contribution is 2.27. The highest BCUT2D eigenvalue weighted by molar-refractivity contribution is 6.34. The summed E-state index contributed by atoms with van der Waals surface area (Å²) in [5.74, 6) is -1.26. The van der Waals surface area contributed by atoms with Gasteiger partial charge in [-0.2, -0.15) is 0 Å². The maximum Gasteiger partial charge on any atom is 0.303 e. The number of nitrogens with zero attached hydrogens (tertiary/aromatic N) is 1. The second-order valence-electron chi connectivity index (χ2n) is 6.54. The van der Waals surface area contributed by atoms with Gasteiger partial charge in [-0.25, -0.2) is 0 Å². The summed E-state index contributed by atoms with van der Waals surface area (Å²) in [6.07, 6.45) is 1.57. The zero-order valence-electron chi connectivity index (χ0n) is 13.8. The molecule has 24 heavy (non-hydrogen) atoms. The van der Waals surface area contributed by atoms with E-state index in [0.717, 1.165) is 6.42 Å². The molecule has 2 amide bonds. The van der Waals surface area contributed by atoms with Crippen molar-refractivity contribution in [1.29, 1.82) is 0 Å². The molecule has 0 aromatic heterocycles. The Balaban J connectivity index is 2.16. The second-order valence-corrected chi connectivity index (χ2v) is 6.95. The lowest BCUT2D eigenvalue weighted by molar-refractivity contribution is -0.137. The van der Waals surface area contributed by atoms with Crippen LogP contribution in [0.5, 0.6) is 0 Å². The van der Waals surface area contributed by atoms with Crippen molar-refractivity contribution in [2.45, 2.75) is 45.1 Å². The standard InChI is InChI=1S/C17H21ClN2O4/c1-17(2,8-7-15(22)23)19-16(24)12-10-11(5-6-13(12)18)20-9-3-4-14(20)21/h5-6,10H,3-4,7-9H2,1-2H3,(H,19,24)(H,22,23). The Morgan fingerprint density at radius 2 is 2.08 bits per heavy atom. The molecule has 130 valence electrons. The number of carboxylic acid groups (broad SMARTS) is 1. The lowest BCUT2D eigenvalue weighted by Gasteiger charge is -2.26. The first-order valence-electron chi connectivity index (χ1n) is 7.84. The molecule has 0 radical (unpaired) electrons. The summed E-state index contributed by atoms with van der Waals surface area (Å²) in [6, 6.07) is 4.92. The van der Waals surface area contributed by atoms with Gasteiger partial charge in [0, 0.05) is 30.6 Å². The number of amides is 2. The molecular formula is C17H21ClN2O4. The molecule has 0 aliphatic carbocycles. The Kier molecular flexibility index (Phi) is 5.49. The number of carbonyl (C=O) groups excluding carboxylic acids is 2. The highest BCUT2D eigenvalue weighted by atomic mass is 35.5. The third-order valence-corrected chi connectivity index (χ3v) is 4.33. The largest absolute Gasteiger partial charge is 0.481 e. The summed E-state index contributed by atoms with van der Waals surface area (Å²) in [5.41, 5.74) is 0.241. The fourth-order valence-corrected chi connectivity index (χ4v) is 2.84. The van der Waals surface area contributed by atoms with Crippen LogP contribution in [-0.4, -0.2) is 35.0 Å². The van der Waals surface area contributed by atoms with E-state index < -0.39 is 11.5 Å². The van der Waals surface area contributed by atoms with Crippen molar-refractivity contribution >= 4 is 35.1 Å². The molecule has 1 aromatic rings. The summed E-state index contributed by atoms with van der Waals surface area (Å²) in [7, 11) is 0. The molecule has 0 saturated carbocycles. The van der Waals surface area contributed by atoms with Crippen LogP contribution >= 0.6 is 11.6 Å². The number of nitrogens with one attached hydrogen (secondary N) is 1. The van der Waals surface area contributed by atoms with Gasteiger partial charge in [-0.1, -0.05) is 11.6 Å². The van der Waals surface area contributed by atoms with Crippen molar-refractivity contribution in [3.05, 3.63) is 28.8 Å². The van der Waals surface area contributed by atoms with E-state index in [-0.39, 0.29) is 28.8 Å². The number of aliphatic carboxylic acids is 1. The number of rotatable bonds is 6. The fraction of sp³-hybridized carbons (Fsp3) is 0.471. The third-order valence-electron chi connectivity index (χ3n) is 4.00. The molecule has 0 bridgehead atoms. The molecule has 1 aromatic carbocycles. The van der Waals surface area contributed by atoms with E-state index in [4.69, 9.17) is 16.7 Å². The van der Waals surface area contributed by atoms with E-state index >= 15 is 0 Å². The number of carboxylic acids is 1. The number of anilines is 1. The maximum atomic E-state index is 12.5. The van der Waals surface area contributed by atoms with Crippen molar-refractivity contribution in [2.24, 2.45) is 0 Å². The summed E-state index contributed by atoms with van der Waals surface area (Å²) in [4.78, 5) is 36.7. The van der Waals surface area contributed by atoms with Gasteiger partial charge in [0.25, 0.3) is 5.91 Å². The summed E-state index contributed by atoms with van der Waals surface area (Å²) in [5, 5.41) is 11.9. The van der Waals surface area contributed by atoms with E-state index in [9.17, 15) is 14.4 Å². The van der Waals surface area contributed by atoms with Crippen molar-refractivity contribution in [3.63, 3.8) is 0 Å². The normalized spacial score (nSPS) is 14.8. The quantitative estimate of drug-likeness (QED) is 0.824. The van der Waals surface area contributed by atoms with Gasteiger partial charge in [0.2, 0.25) is 5.91 Å². The predicted octanol–water partition coefficient (Wildman–Crippen LogP) is 2.84. The molecule has 1 heterocycles. The Morgan fingerprint density at radius 3 is 2.67 bits per heavy atom. The van der Waals surface area contributed by atoms with E-state index in [2.05, 4.69) is 5.32 Å². The molecule has 7 heteroatoms. The molecule has 2 N–H and O–H groups in total. The number of halogens is 1. The average molecular weight is 353 g/mol. The number of carbonyl (C=O) groups is 3. The molecule has 6 nitrogen and oxygen atoms in total. The van der Waals surface area contributed by atoms with Crippen LogP contribution in [0.15, 0.2) is 18.2 Å². The molecular weight excluding hydrogens is 332 g/mol. The van der Waals surface area contributed by atoms with Gasteiger partial charge in [-0.3, -0.25) is 14.4 Å². The molecule has 1 aliphatic heterocycles. The van der Waals surface area contributed by atoms with Crippen LogP contribution < -0.4 is 10.2 Å². The van der Waals surface area contributed by atoms with Crippen molar-refractivity contribution in [2.75, 3.05) is 11.4 Å². The number of benzene rings is 1. The summed E-state index contributed by atoms with van der Waals surface area (Å²) >= 11 is 6.13. The van der Waals surface area contributed by atoms with Gasteiger partial charge in [0.15, 0.2) is 0 Å². The minimum atomic E-state index is -0.912. The van der Waals surface area contributed by atoms with Crippen molar-refractivity contribution in [1.82, 2.24) is 5.32 Å². The van der Waals surface area contributed by atoms with Gasteiger partial charge < -0.3 is 15.3 Å². The molecule has 2 rings (SSSR count). The maximum absolute atomic E-state index is 12.5. The Bertz CT molecular complexity index is 673. The molecule has 1 fully saturated rings. The fourth-order valence-electron chi connectivity index (χ4n) is 2.63. The zero-order valence-corrected chi connectivity index (χ0v) is 14.5. The summed E-state index contributed by atoms with van der Waals surface area (Å²) in [6.45, 7) is 4.15. The number of hydrogen-bond acceptors (Lipinski definition) is 3. The SMILES string of the molecule is CC(C)(CCC(=O)O)NC(=O)c1cc(N2CCCC2=O)ccc1Cl. The highest BCUT2D eigenvalue weighted by Gasteiger charge is 2.26. The van der Waals surface area contributed by atoms with Gasteiger partial charge in [0.1, 0.15) is 0 Å². The van der Waals surface area contributed by atoms with Crippen LogP contribution in [0.1, 0.15) is 49.9 Å². The molecule has 0 atom stereocenters. The first-order valence-corrected chi connectivity index (χ1v) is 8.22. The smallest absolute Gasteiger partial charge is 0.303 e. The van der Waals surface area contributed by atoms with Gasteiger partial charge in [-0.05, 0) is 44.9 Å². The number of hydrogen-bond donors (Lipinski definition) is 2. The van der Waals surface area contributed by atoms with Crippen LogP contribution in [-0.2, 0) is 9.59 Å². The topological polar surface area (TPSA) is 86.7 Å². The predicted molar refractivity (Wildman–Crippen MR) is 91.5 cm³/mol. The molecule has 0 spiro atoms. The minimum Gasteiger partial charge on any atom is -0.481 e. The third kappa shape index (κ3) is 4.47. The molecule has 0 unspecified atom stereocenters. The Morgan fingerprint density at radius 1 is 1.38 bits per heavy atom. The van der Waals surface area contributed by atoms with E-state index in [1.54, 1.807) is 36.9 Å². The van der Waals surface area contributed by atoms with Crippen molar-refractivity contribution < 1.29 is 19.5 Å². The lowest BCUT2D eigenvalue weighted by Crippen LogP contribution is -2.43. The Hall–Kier alpha value is -2.08.